The van der Waals surface area contributed by atoms with Crippen molar-refractivity contribution in [1.82, 2.24) is 10.6 Å². The minimum absolute atomic E-state index is 0.0592. The monoisotopic (exact) mass is 542 g/mol. The van der Waals surface area contributed by atoms with Gasteiger partial charge in [0.1, 0.15) is 6.10 Å². The first-order chi connectivity index (χ1) is 17.6. The van der Waals surface area contributed by atoms with Crippen molar-refractivity contribution in [1.29, 1.82) is 0 Å². The lowest BCUT2D eigenvalue weighted by Crippen LogP contribution is -2.68. The van der Waals surface area contributed by atoms with Crippen LogP contribution < -0.4 is 10.6 Å². The highest BCUT2D eigenvalue weighted by atomic mass is 19.4. The van der Waals surface area contributed by atoms with Gasteiger partial charge in [-0.2, -0.15) is 17.7 Å². The predicted molar refractivity (Wildman–Crippen MR) is 129 cm³/mol. The van der Waals surface area contributed by atoms with Crippen molar-refractivity contribution in [3.63, 3.8) is 0 Å². The first-order valence-corrected chi connectivity index (χ1v) is 12.6. The number of esters is 1. The van der Waals surface area contributed by atoms with Crippen molar-refractivity contribution in [2.75, 3.05) is 13.1 Å². The Kier molecular flexibility index (Phi) is 8.57. The number of hydrogen-bond donors (Lipinski definition) is 2. The summed E-state index contributed by atoms with van der Waals surface area (Å²) in [6.45, 7) is 8.76. The van der Waals surface area contributed by atoms with Crippen LogP contribution in [0, 0.1) is 5.41 Å². The Morgan fingerprint density at radius 2 is 1.68 bits per heavy atom. The molecule has 9 nitrogen and oxygen atoms in total. The Bertz CT molecular complexity index is 1080. The van der Waals surface area contributed by atoms with Gasteiger partial charge in [-0.1, -0.05) is 32.9 Å². The maximum absolute atomic E-state index is 14.0. The van der Waals surface area contributed by atoms with Crippen LogP contribution in [0.2, 0.25) is 0 Å². The van der Waals surface area contributed by atoms with E-state index in [1.165, 1.54) is 12.1 Å². The lowest BCUT2D eigenvalue weighted by molar-refractivity contribution is -0.761. The average Bonchev–Trinajstić information content (AvgIpc) is 3.43. The summed E-state index contributed by atoms with van der Waals surface area (Å²) in [4.78, 5) is 52.6. The van der Waals surface area contributed by atoms with E-state index in [0.29, 0.717) is 12.8 Å². The van der Waals surface area contributed by atoms with Gasteiger partial charge in [-0.15, -0.1) is 0 Å². The van der Waals surface area contributed by atoms with Gasteiger partial charge in [-0.3, -0.25) is 14.9 Å². The summed E-state index contributed by atoms with van der Waals surface area (Å²) in [5.41, 5.74) is -2.69. The number of rotatable bonds is 6. The van der Waals surface area contributed by atoms with Gasteiger partial charge < -0.3 is 14.8 Å². The number of quaternary nitrogens is 1. The van der Waals surface area contributed by atoms with Crippen LogP contribution in [-0.4, -0.2) is 65.9 Å². The number of halogens is 3. The fourth-order valence-corrected chi connectivity index (χ4v) is 4.81. The number of carbonyl (C=O) groups excluding carboxylic acids is 4. The van der Waals surface area contributed by atoms with Crippen LogP contribution in [-0.2, 0) is 25.2 Å². The van der Waals surface area contributed by atoms with Crippen molar-refractivity contribution >= 4 is 23.8 Å². The number of hydrogen-bond acceptors (Lipinski definition) is 6. The molecule has 210 valence electrons. The number of urea groups is 1. The number of carbonyl (C=O) groups is 4. The topological polar surface area (TPSA) is 111 Å². The number of nitrogens with zero attached hydrogens (tertiary/aromatic N) is 1. The molecule has 0 bridgehead atoms. The summed E-state index contributed by atoms with van der Waals surface area (Å²) in [7, 11) is 0. The van der Waals surface area contributed by atoms with Gasteiger partial charge in [0.05, 0.1) is 36.7 Å². The second-order valence-corrected chi connectivity index (χ2v) is 11.1. The first-order valence-electron chi connectivity index (χ1n) is 12.6. The molecule has 2 aliphatic heterocycles. The molecule has 3 rings (SSSR count). The number of likely N-dealkylation sites (tertiary alicyclic amines) is 1. The van der Waals surface area contributed by atoms with E-state index in [4.69, 9.17) is 9.47 Å². The standard InChI is InChI=1S/C26H34F3N3O6/c1-15(2)37-18-14-19(33)38-22(18)31-24(36)32(12-8-9-13-32)23(35)20(25(3,4)5)30-21(34)16-10-6-7-11-17(16)26(27,28)29/h6-7,10-11,15,18,20,22H,8-9,12-14H2,1-5H3,(H-,30,31,34,36)/p+1/t18-,20+,22+/m0/s1. The van der Waals surface area contributed by atoms with Crippen molar-refractivity contribution in [2.24, 2.45) is 5.41 Å². The predicted octanol–water partition coefficient (Wildman–Crippen LogP) is 3.76. The van der Waals surface area contributed by atoms with Crippen LogP contribution >= 0.6 is 0 Å². The molecule has 12 heteroatoms. The third-order valence-electron chi connectivity index (χ3n) is 6.68. The molecule has 0 unspecified atom stereocenters. The van der Waals surface area contributed by atoms with E-state index < -0.39 is 69.4 Å². The molecule has 2 aliphatic rings. The molecule has 4 amide bonds. The lowest BCUT2D eigenvalue weighted by Gasteiger charge is -2.37. The van der Waals surface area contributed by atoms with Crippen molar-refractivity contribution in [3.8, 4) is 0 Å². The molecule has 0 radical (unpaired) electrons. The third-order valence-corrected chi connectivity index (χ3v) is 6.68. The number of amides is 4. The lowest BCUT2D eigenvalue weighted by atomic mass is 9.85. The van der Waals surface area contributed by atoms with Crippen LogP contribution in [0.4, 0.5) is 18.0 Å². The van der Waals surface area contributed by atoms with E-state index in [1.54, 1.807) is 34.6 Å². The Balaban J connectivity index is 1.90. The normalized spacial score (nSPS) is 22.2. The van der Waals surface area contributed by atoms with Gasteiger partial charge in [-0.05, 0) is 31.4 Å². The van der Waals surface area contributed by atoms with E-state index in [-0.39, 0.29) is 25.6 Å². The average molecular weight is 543 g/mol. The third kappa shape index (κ3) is 6.35. The highest BCUT2D eigenvalue weighted by Gasteiger charge is 2.55. The van der Waals surface area contributed by atoms with E-state index in [2.05, 4.69) is 10.6 Å². The molecule has 2 N–H and O–H groups in total. The van der Waals surface area contributed by atoms with Gasteiger partial charge >= 0.3 is 24.1 Å². The van der Waals surface area contributed by atoms with Gasteiger partial charge in [0.15, 0.2) is 6.04 Å². The van der Waals surface area contributed by atoms with E-state index in [9.17, 15) is 32.3 Å². The number of benzene rings is 1. The summed E-state index contributed by atoms with van der Waals surface area (Å²) < 4.78 is 50.8. The smallest absolute Gasteiger partial charge is 0.427 e. The molecule has 2 heterocycles. The molecule has 0 saturated carbocycles. The zero-order valence-electron chi connectivity index (χ0n) is 22.2. The number of cyclic esters (lactones) is 1. The van der Waals surface area contributed by atoms with E-state index in [1.807, 2.05) is 0 Å². The molecule has 38 heavy (non-hydrogen) atoms. The van der Waals surface area contributed by atoms with Gasteiger partial charge in [-0.25, -0.2) is 9.59 Å². The number of nitrogens with one attached hydrogen (secondary N) is 2. The Hall–Kier alpha value is -2.99. The second kappa shape index (κ2) is 11.0. The van der Waals surface area contributed by atoms with Crippen molar-refractivity contribution < 1.29 is 46.3 Å². The minimum atomic E-state index is -4.77. The number of alkyl halides is 3. The summed E-state index contributed by atoms with van der Waals surface area (Å²) >= 11 is 0. The SMILES string of the molecule is CC(C)O[C@H]1CC(=O)O[C@H]1NC(=O)[N+]1(C(=O)[C@@H](NC(=O)c2ccccc2C(F)(F)F)C(C)(C)C)CCCC1. The van der Waals surface area contributed by atoms with Gasteiger partial charge in [0.2, 0.25) is 6.23 Å². The molecular weight excluding hydrogens is 507 g/mol. The molecule has 0 aliphatic carbocycles. The zero-order valence-corrected chi connectivity index (χ0v) is 22.2. The fraction of sp³-hybridized carbons (Fsp3) is 0.615. The Morgan fingerprint density at radius 3 is 2.24 bits per heavy atom. The maximum atomic E-state index is 14.0. The van der Waals surface area contributed by atoms with Crippen LogP contribution in [0.5, 0.6) is 0 Å². The quantitative estimate of drug-likeness (QED) is 0.418. The van der Waals surface area contributed by atoms with Crippen LogP contribution in [0.3, 0.4) is 0 Å². The molecule has 2 fully saturated rings. The van der Waals surface area contributed by atoms with Gasteiger partial charge in [0.25, 0.3) is 5.91 Å². The summed E-state index contributed by atoms with van der Waals surface area (Å²) in [6, 6.07) is 2.30. The van der Waals surface area contributed by atoms with Crippen molar-refractivity contribution in [2.45, 2.75) is 84.5 Å². The van der Waals surface area contributed by atoms with E-state index in [0.717, 1.165) is 12.1 Å². The molecule has 1 aromatic carbocycles. The minimum Gasteiger partial charge on any atom is -0.439 e. The molecule has 3 atom stereocenters. The van der Waals surface area contributed by atoms with E-state index >= 15 is 0 Å². The fourth-order valence-electron chi connectivity index (χ4n) is 4.81. The molecule has 2 saturated heterocycles. The number of imide groups is 1. The Labute approximate surface area is 219 Å². The number of ether oxygens (including phenoxy) is 2. The second-order valence-electron chi connectivity index (χ2n) is 11.1. The van der Waals surface area contributed by atoms with Crippen LogP contribution in [0.1, 0.15) is 69.8 Å². The summed E-state index contributed by atoms with van der Waals surface area (Å²) in [5.74, 6) is -2.28. The molecule has 0 spiro atoms. The largest absolute Gasteiger partial charge is 0.439 e. The summed E-state index contributed by atoms with van der Waals surface area (Å²) in [6.07, 6.45) is -5.83. The first kappa shape index (κ1) is 29.6. The molecule has 1 aromatic rings. The zero-order chi connectivity index (χ0) is 28.5. The van der Waals surface area contributed by atoms with Crippen LogP contribution in [0.25, 0.3) is 0 Å². The summed E-state index contributed by atoms with van der Waals surface area (Å²) in [5, 5.41) is 5.12. The van der Waals surface area contributed by atoms with Crippen LogP contribution in [0.15, 0.2) is 24.3 Å². The Morgan fingerprint density at radius 1 is 1.08 bits per heavy atom. The van der Waals surface area contributed by atoms with Crippen molar-refractivity contribution in [3.05, 3.63) is 35.4 Å². The molecular formula is C26H35F3N3O6+. The highest BCUT2D eigenvalue weighted by molar-refractivity contribution is 5.99. The maximum Gasteiger partial charge on any atom is 0.427 e. The van der Waals surface area contributed by atoms with Gasteiger partial charge in [0, 0.05) is 12.8 Å². The molecule has 0 aromatic heterocycles. The highest BCUT2D eigenvalue weighted by Crippen LogP contribution is 2.33.